The third-order valence-electron chi connectivity index (χ3n) is 5.07. The molecule has 0 atom stereocenters. The molecule has 0 fully saturated rings. The minimum absolute atomic E-state index is 0.107. The van der Waals surface area contributed by atoms with Gasteiger partial charge in [0.1, 0.15) is 0 Å². The van der Waals surface area contributed by atoms with E-state index in [4.69, 9.17) is 9.97 Å². The highest BCUT2D eigenvalue weighted by atomic mass is 16.1. The van der Waals surface area contributed by atoms with Crippen LogP contribution in [0.2, 0.25) is 0 Å². The number of hydrogen-bond donors (Lipinski definition) is 1. The van der Waals surface area contributed by atoms with Crippen LogP contribution in [0.3, 0.4) is 0 Å². The molecule has 0 aliphatic rings. The maximum Gasteiger partial charge on any atom is 0.251 e. The van der Waals surface area contributed by atoms with Crippen LogP contribution in [0.25, 0.3) is 43.6 Å². The van der Waals surface area contributed by atoms with Crippen LogP contribution >= 0.6 is 0 Å². The molecule has 0 spiro atoms. The van der Waals surface area contributed by atoms with E-state index in [-0.39, 0.29) is 11.4 Å². The molecule has 1 amide bonds. The molecule has 0 aliphatic carbocycles. The van der Waals surface area contributed by atoms with Gasteiger partial charge in [0.2, 0.25) is 0 Å². The zero-order valence-corrected chi connectivity index (χ0v) is 16.7. The highest BCUT2D eigenvalue weighted by molar-refractivity contribution is 6.23. The van der Waals surface area contributed by atoms with Gasteiger partial charge in [0.05, 0.1) is 22.1 Å². The van der Waals surface area contributed by atoms with E-state index < -0.39 is 0 Å². The van der Waals surface area contributed by atoms with Gasteiger partial charge >= 0.3 is 0 Å². The van der Waals surface area contributed by atoms with Gasteiger partial charge in [-0.2, -0.15) is 0 Å². The molecule has 4 nitrogen and oxygen atoms in total. The molecule has 0 aliphatic heterocycles. The zero-order chi connectivity index (χ0) is 20.2. The third kappa shape index (κ3) is 2.97. The summed E-state index contributed by atoms with van der Waals surface area (Å²) in [6.07, 6.45) is 0. The van der Waals surface area contributed by atoms with Crippen LogP contribution in [0, 0.1) is 0 Å². The molecular weight excluding hydrogens is 358 g/mol. The predicted molar refractivity (Wildman–Crippen MR) is 119 cm³/mol. The van der Waals surface area contributed by atoms with E-state index in [1.165, 1.54) is 5.39 Å². The van der Waals surface area contributed by atoms with E-state index in [9.17, 15) is 4.79 Å². The lowest BCUT2D eigenvalue weighted by molar-refractivity contribution is 0.0919. The molecular formula is C25H21N3O. The molecule has 4 heteroatoms. The number of hydrogen-bond acceptors (Lipinski definition) is 3. The Hall–Kier alpha value is -3.53. The number of benzene rings is 4. The van der Waals surface area contributed by atoms with Gasteiger partial charge in [0, 0.05) is 21.9 Å². The van der Waals surface area contributed by atoms with Crippen molar-refractivity contribution in [2.75, 3.05) is 0 Å². The van der Waals surface area contributed by atoms with Crippen molar-refractivity contribution in [1.82, 2.24) is 15.3 Å². The Morgan fingerprint density at radius 2 is 1.24 bits per heavy atom. The van der Waals surface area contributed by atoms with Crippen LogP contribution in [0.5, 0.6) is 0 Å². The molecule has 0 radical (unpaired) electrons. The van der Waals surface area contributed by atoms with Gasteiger partial charge in [0.15, 0.2) is 0 Å². The molecule has 1 heterocycles. The van der Waals surface area contributed by atoms with Crippen molar-refractivity contribution in [3.05, 3.63) is 72.3 Å². The molecule has 5 aromatic rings. The van der Waals surface area contributed by atoms with Crippen molar-refractivity contribution < 1.29 is 4.79 Å². The van der Waals surface area contributed by atoms with Crippen molar-refractivity contribution in [1.29, 1.82) is 0 Å². The second-order valence-corrected chi connectivity index (χ2v) is 8.42. The predicted octanol–water partition coefficient (Wildman–Crippen LogP) is 5.62. The summed E-state index contributed by atoms with van der Waals surface area (Å²) in [5, 5.41) is 7.49. The molecule has 0 bridgehead atoms. The number of nitrogens with zero attached hydrogens (tertiary/aromatic N) is 2. The molecule has 1 aromatic heterocycles. The summed E-state index contributed by atoms with van der Waals surface area (Å²) < 4.78 is 0. The first kappa shape index (κ1) is 17.6. The van der Waals surface area contributed by atoms with Crippen LogP contribution in [0.4, 0.5) is 0 Å². The summed E-state index contributed by atoms with van der Waals surface area (Å²) >= 11 is 0. The van der Waals surface area contributed by atoms with Crippen LogP contribution in [-0.2, 0) is 0 Å². The molecule has 142 valence electrons. The molecule has 1 N–H and O–H groups in total. The first-order valence-corrected chi connectivity index (χ1v) is 9.74. The van der Waals surface area contributed by atoms with E-state index >= 15 is 0 Å². The average Bonchev–Trinajstić information content (AvgIpc) is 2.71. The Morgan fingerprint density at radius 3 is 1.79 bits per heavy atom. The number of aromatic nitrogens is 2. The summed E-state index contributed by atoms with van der Waals surface area (Å²) in [5.74, 6) is -0.107. The van der Waals surface area contributed by atoms with Crippen molar-refractivity contribution in [2.45, 2.75) is 26.3 Å². The lowest BCUT2D eigenvalue weighted by atomic mass is 9.99. The maximum absolute atomic E-state index is 12.6. The molecule has 5 rings (SSSR count). The fraction of sp³-hybridized carbons (Fsp3) is 0.160. The van der Waals surface area contributed by atoms with E-state index in [0.717, 1.165) is 38.2 Å². The molecule has 0 unspecified atom stereocenters. The van der Waals surface area contributed by atoms with Crippen molar-refractivity contribution in [2.24, 2.45) is 0 Å². The Kier molecular flexibility index (Phi) is 3.78. The summed E-state index contributed by atoms with van der Waals surface area (Å²) in [4.78, 5) is 22.5. The lowest BCUT2D eigenvalue weighted by Crippen LogP contribution is -2.40. The molecule has 0 saturated carbocycles. The number of amides is 1. The smallest absolute Gasteiger partial charge is 0.251 e. The Bertz CT molecular complexity index is 1430. The van der Waals surface area contributed by atoms with Gasteiger partial charge in [-0.15, -0.1) is 0 Å². The summed E-state index contributed by atoms with van der Waals surface area (Å²) in [7, 11) is 0. The number of carbonyl (C=O) groups excluding carboxylic acids is 1. The number of nitrogens with one attached hydrogen (secondary N) is 1. The van der Waals surface area contributed by atoms with Crippen molar-refractivity contribution >= 4 is 49.5 Å². The standard InChI is InChI=1S/C25H21N3O/c1-25(2,3)28-24(29)15-12-13-20-21(14-15)27-23-19-11-7-5-9-17(19)16-8-4-6-10-18(16)22(23)26-20/h4-14H,1-3H3,(H,28,29). The fourth-order valence-electron chi connectivity index (χ4n) is 3.83. The Morgan fingerprint density at radius 1 is 0.724 bits per heavy atom. The van der Waals surface area contributed by atoms with E-state index in [1.807, 2.05) is 57.2 Å². The SMILES string of the molecule is CC(C)(C)NC(=O)c1ccc2nc3c4ccccc4c4ccccc4c3nc2c1. The minimum atomic E-state index is -0.295. The highest BCUT2D eigenvalue weighted by Crippen LogP contribution is 2.33. The van der Waals surface area contributed by atoms with Crippen molar-refractivity contribution in [3.8, 4) is 0 Å². The molecule has 4 aromatic carbocycles. The van der Waals surface area contributed by atoms with Gasteiger partial charge in [-0.25, -0.2) is 9.97 Å². The second-order valence-electron chi connectivity index (χ2n) is 8.42. The first-order chi connectivity index (χ1) is 13.9. The van der Waals surface area contributed by atoms with Gasteiger partial charge in [-0.1, -0.05) is 48.5 Å². The van der Waals surface area contributed by atoms with E-state index in [1.54, 1.807) is 0 Å². The Balaban J connectivity index is 1.82. The van der Waals surface area contributed by atoms with Gasteiger partial charge < -0.3 is 5.32 Å². The van der Waals surface area contributed by atoms with Crippen LogP contribution in [0.15, 0.2) is 66.7 Å². The van der Waals surface area contributed by atoms with Crippen LogP contribution in [0.1, 0.15) is 31.1 Å². The first-order valence-electron chi connectivity index (χ1n) is 9.74. The minimum Gasteiger partial charge on any atom is -0.347 e. The summed E-state index contributed by atoms with van der Waals surface area (Å²) in [6.45, 7) is 5.91. The van der Waals surface area contributed by atoms with E-state index in [0.29, 0.717) is 5.56 Å². The fourth-order valence-corrected chi connectivity index (χ4v) is 3.83. The normalized spacial score (nSPS) is 12.1. The van der Waals surface area contributed by atoms with E-state index in [2.05, 4.69) is 35.6 Å². The lowest BCUT2D eigenvalue weighted by Gasteiger charge is -2.20. The number of carbonyl (C=O) groups is 1. The summed E-state index contributed by atoms with van der Waals surface area (Å²) in [6, 6.07) is 22.1. The molecule has 0 saturated heterocycles. The second kappa shape index (κ2) is 6.24. The van der Waals surface area contributed by atoms with Crippen LogP contribution in [-0.4, -0.2) is 21.4 Å². The monoisotopic (exact) mass is 379 g/mol. The number of rotatable bonds is 1. The topological polar surface area (TPSA) is 54.9 Å². The quantitative estimate of drug-likeness (QED) is 0.304. The highest BCUT2D eigenvalue weighted by Gasteiger charge is 2.17. The number of fused-ring (bicyclic) bond motifs is 7. The Labute approximate surface area is 168 Å². The third-order valence-corrected chi connectivity index (χ3v) is 5.07. The van der Waals surface area contributed by atoms with Crippen molar-refractivity contribution in [3.63, 3.8) is 0 Å². The summed E-state index contributed by atoms with van der Waals surface area (Å²) in [5.41, 5.74) is 3.55. The van der Waals surface area contributed by atoms with Gasteiger partial charge in [-0.3, -0.25) is 4.79 Å². The van der Waals surface area contributed by atoms with Gasteiger partial charge in [-0.05, 0) is 49.7 Å². The molecule has 29 heavy (non-hydrogen) atoms. The largest absolute Gasteiger partial charge is 0.347 e. The van der Waals surface area contributed by atoms with Gasteiger partial charge in [0.25, 0.3) is 5.91 Å². The average molecular weight is 379 g/mol. The maximum atomic E-state index is 12.6. The van der Waals surface area contributed by atoms with Crippen LogP contribution < -0.4 is 5.32 Å². The zero-order valence-electron chi connectivity index (χ0n) is 16.7.